The first kappa shape index (κ1) is 15.9. The summed E-state index contributed by atoms with van der Waals surface area (Å²) < 4.78 is 31.9. The first-order chi connectivity index (χ1) is 8.19. The zero-order valence-corrected chi connectivity index (χ0v) is 12.8. The van der Waals surface area contributed by atoms with Gasteiger partial charge < -0.3 is 10.1 Å². The lowest BCUT2D eigenvalue weighted by atomic mass is 9.65. The molecule has 0 bridgehead atoms. The third-order valence-electron chi connectivity index (χ3n) is 3.71. The third kappa shape index (κ3) is 3.91. The predicted octanol–water partition coefficient (Wildman–Crippen LogP) is 0.717. The van der Waals surface area contributed by atoms with Crippen LogP contribution in [0.1, 0.15) is 34.1 Å². The monoisotopic (exact) mass is 278 g/mol. The molecule has 0 aliphatic heterocycles. The van der Waals surface area contributed by atoms with Gasteiger partial charge in [-0.05, 0) is 6.42 Å². The second-order valence-electron chi connectivity index (χ2n) is 5.88. The van der Waals surface area contributed by atoms with Crippen molar-refractivity contribution in [2.24, 2.45) is 5.41 Å². The molecule has 0 spiro atoms. The highest BCUT2D eigenvalue weighted by atomic mass is 32.2. The molecule has 0 heterocycles. The van der Waals surface area contributed by atoms with Gasteiger partial charge in [0.05, 0.1) is 11.9 Å². The van der Waals surface area contributed by atoms with Crippen molar-refractivity contribution in [2.45, 2.75) is 52.3 Å². The van der Waals surface area contributed by atoms with Crippen LogP contribution in [0.5, 0.6) is 0 Å². The molecule has 108 valence electrons. The molecule has 1 rings (SSSR count). The zero-order valence-electron chi connectivity index (χ0n) is 12.0. The van der Waals surface area contributed by atoms with E-state index in [2.05, 4.69) is 10.0 Å². The van der Waals surface area contributed by atoms with E-state index < -0.39 is 10.0 Å². The summed E-state index contributed by atoms with van der Waals surface area (Å²) in [6.07, 6.45) is 0.888. The molecule has 0 amide bonds. The molecular weight excluding hydrogens is 252 g/mol. The van der Waals surface area contributed by atoms with Crippen molar-refractivity contribution in [1.82, 2.24) is 10.0 Å². The maximum absolute atomic E-state index is 11.9. The quantitative estimate of drug-likeness (QED) is 0.720. The van der Waals surface area contributed by atoms with Crippen LogP contribution in [0.15, 0.2) is 0 Å². The van der Waals surface area contributed by atoms with E-state index in [0.717, 1.165) is 6.42 Å². The molecule has 18 heavy (non-hydrogen) atoms. The first-order valence-corrected chi connectivity index (χ1v) is 8.10. The van der Waals surface area contributed by atoms with Crippen LogP contribution in [0.25, 0.3) is 0 Å². The molecular formula is C12H26N2O3S. The van der Waals surface area contributed by atoms with Crippen LogP contribution in [0.3, 0.4) is 0 Å². The van der Waals surface area contributed by atoms with Gasteiger partial charge in [0.15, 0.2) is 0 Å². The molecule has 6 heteroatoms. The van der Waals surface area contributed by atoms with Gasteiger partial charge in [-0.15, -0.1) is 0 Å². The predicted molar refractivity (Wildman–Crippen MR) is 73.0 cm³/mol. The van der Waals surface area contributed by atoms with Crippen molar-refractivity contribution in [3.63, 3.8) is 0 Å². The molecule has 1 fully saturated rings. The highest BCUT2D eigenvalue weighted by Gasteiger charge is 2.49. The summed E-state index contributed by atoms with van der Waals surface area (Å²) in [4.78, 5) is 0. The van der Waals surface area contributed by atoms with E-state index in [4.69, 9.17) is 4.74 Å². The summed E-state index contributed by atoms with van der Waals surface area (Å²) in [7, 11) is -1.54. The summed E-state index contributed by atoms with van der Waals surface area (Å²) in [6.45, 7) is 8.54. The summed E-state index contributed by atoms with van der Waals surface area (Å²) >= 11 is 0. The van der Waals surface area contributed by atoms with Crippen molar-refractivity contribution in [3.05, 3.63) is 0 Å². The van der Waals surface area contributed by atoms with Gasteiger partial charge in [0.25, 0.3) is 0 Å². The zero-order chi connectivity index (χ0) is 14.0. The van der Waals surface area contributed by atoms with Gasteiger partial charge in [-0.25, -0.2) is 13.1 Å². The summed E-state index contributed by atoms with van der Waals surface area (Å²) in [6, 6.07) is 0.282. The Morgan fingerprint density at radius 3 is 2.44 bits per heavy atom. The third-order valence-corrected chi connectivity index (χ3v) is 5.09. The van der Waals surface area contributed by atoms with Gasteiger partial charge in [-0.3, -0.25) is 0 Å². The molecule has 0 aromatic rings. The molecule has 1 aliphatic rings. The molecule has 0 radical (unpaired) electrons. The fourth-order valence-corrected chi connectivity index (χ4v) is 3.58. The van der Waals surface area contributed by atoms with E-state index in [-0.39, 0.29) is 23.3 Å². The normalized spacial score (nSPS) is 27.2. The van der Waals surface area contributed by atoms with Gasteiger partial charge in [0.2, 0.25) is 10.0 Å². The highest BCUT2D eigenvalue weighted by molar-refractivity contribution is 7.89. The Morgan fingerprint density at radius 2 is 2.00 bits per heavy atom. The summed E-state index contributed by atoms with van der Waals surface area (Å²) in [5.74, 6) is 0.120. The lowest BCUT2D eigenvalue weighted by Gasteiger charge is -2.51. The molecule has 0 aromatic carbocycles. The maximum atomic E-state index is 11.9. The second-order valence-corrected chi connectivity index (χ2v) is 7.75. The van der Waals surface area contributed by atoms with E-state index in [1.54, 1.807) is 7.11 Å². The van der Waals surface area contributed by atoms with Crippen LogP contribution < -0.4 is 10.0 Å². The van der Waals surface area contributed by atoms with Crippen LogP contribution in [0.2, 0.25) is 0 Å². The lowest BCUT2D eigenvalue weighted by Crippen LogP contribution is -2.62. The molecule has 0 aromatic heterocycles. The van der Waals surface area contributed by atoms with Crippen molar-refractivity contribution in [3.8, 4) is 0 Å². The minimum Gasteiger partial charge on any atom is -0.381 e. The van der Waals surface area contributed by atoms with Crippen LogP contribution in [0.4, 0.5) is 0 Å². The fourth-order valence-electron chi connectivity index (χ4n) is 2.24. The summed E-state index contributed by atoms with van der Waals surface area (Å²) in [5, 5.41) is 3.11. The Bertz CT molecular complexity index is 366. The highest BCUT2D eigenvalue weighted by Crippen LogP contribution is 2.42. The Labute approximate surface area is 111 Å². The minimum atomic E-state index is -3.21. The standard InChI is InChI=1S/C12H26N2O3S/c1-9(2)13-6-7-18(15,16)14-10-8-11(17-5)12(10,3)4/h9-11,13-14H,6-8H2,1-5H3. The number of nitrogens with one attached hydrogen (secondary N) is 2. The van der Waals surface area contributed by atoms with Gasteiger partial charge >= 0.3 is 0 Å². The van der Waals surface area contributed by atoms with Crippen LogP contribution in [-0.2, 0) is 14.8 Å². The topological polar surface area (TPSA) is 67.4 Å². The Morgan fingerprint density at radius 1 is 1.39 bits per heavy atom. The van der Waals surface area contributed by atoms with E-state index in [0.29, 0.717) is 12.6 Å². The number of hydrogen-bond acceptors (Lipinski definition) is 4. The SMILES string of the molecule is COC1CC(NS(=O)(=O)CCNC(C)C)C1(C)C. The molecule has 0 saturated heterocycles. The van der Waals surface area contributed by atoms with Crippen molar-refractivity contribution < 1.29 is 13.2 Å². The van der Waals surface area contributed by atoms with Crippen LogP contribution >= 0.6 is 0 Å². The Hall–Kier alpha value is -0.170. The van der Waals surface area contributed by atoms with Crippen LogP contribution in [0, 0.1) is 5.41 Å². The first-order valence-electron chi connectivity index (χ1n) is 6.45. The molecule has 2 unspecified atom stereocenters. The number of rotatable bonds is 7. The van der Waals surface area contributed by atoms with Crippen molar-refractivity contribution >= 4 is 10.0 Å². The average Bonchev–Trinajstić information content (AvgIpc) is 2.22. The van der Waals surface area contributed by atoms with E-state index >= 15 is 0 Å². The molecule has 1 aliphatic carbocycles. The number of sulfonamides is 1. The lowest BCUT2D eigenvalue weighted by molar-refractivity contribution is -0.0908. The number of hydrogen-bond donors (Lipinski definition) is 2. The minimum absolute atomic E-state index is 0.0218. The maximum Gasteiger partial charge on any atom is 0.213 e. The van der Waals surface area contributed by atoms with Crippen molar-refractivity contribution in [2.75, 3.05) is 19.4 Å². The van der Waals surface area contributed by atoms with Gasteiger partial charge in [0, 0.05) is 31.2 Å². The second kappa shape index (κ2) is 5.86. The molecule has 5 nitrogen and oxygen atoms in total. The molecule has 1 saturated carbocycles. The van der Waals surface area contributed by atoms with E-state index in [1.165, 1.54) is 0 Å². The van der Waals surface area contributed by atoms with Gasteiger partial charge in [-0.1, -0.05) is 27.7 Å². The van der Waals surface area contributed by atoms with Crippen molar-refractivity contribution in [1.29, 1.82) is 0 Å². The Kier molecular flexibility index (Phi) is 5.17. The van der Waals surface area contributed by atoms with E-state index in [1.807, 2.05) is 27.7 Å². The van der Waals surface area contributed by atoms with E-state index in [9.17, 15) is 8.42 Å². The summed E-state index contributed by atoms with van der Waals surface area (Å²) in [5.41, 5.74) is -0.132. The largest absolute Gasteiger partial charge is 0.381 e. The fraction of sp³-hybridized carbons (Fsp3) is 1.00. The molecule has 2 N–H and O–H groups in total. The van der Waals surface area contributed by atoms with Gasteiger partial charge in [-0.2, -0.15) is 0 Å². The van der Waals surface area contributed by atoms with Crippen LogP contribution in [-0.4, -0.2) is 46.0 Å². The number of ether oxygens (including phenoxy) is 1. The number of methoxy groups -OCH3 is 1. The smallest absolute Gasteiger partial charge is 0.213 e. The van der Waals surface area contributed by atoms with Gasteiger partial charge in [0.1, 0.15) is 0 Å². The molecule has 2 atom stereocenters. The average molecular weight is 278 g/mol. The Balaban J connectivity index is 2.43.